The standard InChI is InChI=1S/C17H20BrClN2/c1-10-6-11(2)15(12(3)7-10)9-17(21-20)14-5-4-13(18)8-16(14)19/h4-8,17,21H,9,20H2,1-3H3. The Balaban J connectivity index is 2.36. The minimum Gasteiger partial charge on any atom is -0.271 e. The summed E-state index contributed by atoms with van der Waals surface area (Å²) in [7, 11) is 0. The zero-order valence-electron chi connectivity index (χ0n) is 12.5. The first kappa shape index (κ1) is 16.5. The molecule has 0 bridgehead atoms. The van der Waals surface area contributed by atoms with Crippen LogP contribution in [0, 0.1) is 20.8 Å². The van der Waals surface area contributed by atoms with Gasteiger partial charge in [-0.15, -0.1) is 0 Å². The number of hydrogen-bond acceptors (Lipinski definition) is 2. The second-order valence-corrected chi connectivity index (χ2v) is 6.79. The molecule has 2 rings (SSSR count). The minimum atomic E-state index is -0.00861. The Labute approximate surface area is 139 Å². The van der Waals surface area contributed by atoms with E-state index in [-0.39, 0.29) is 6.04 Å². The van der Waals surface area contributed by atoms with Crippen LogP contribution in [0.3, 0.4) is 0 Å². The Morgan fingerprint density at radius 1 is 1.14 bits per heavy atom. The molecular formula is C17H20BrClN2. The topological polar surface area (TPSA) is 38.0 Å². The second-order valence-electron chi connectivity index (χ2n) is 5.47. The van der Waals surface area contributed by atoms with Crippen LogP contribution in [0.1, 0.15) is 33.9 Å². The Bertz CT molecular complexity index is 632. The Morgan fingerprint density at radius 3 is 2.29 bits per heavy atom. The number of hydrazine groups is 1. The van der Waals surface area contributed by atoms with Crippen LogP contribution in [0.25, 0.3) is 0 Å². The maximum Gasteiger partial charge on any atom is 0.0515 e. The number of aryl methyl sites for hydroxylation is 3. The van der Waals surface area contributed by atoms with Gasteiger partial charge in [0.1, 0.15) is 0 Å². The van der Waals surface area contributed by atoms with Gasteiger partial charge in [-0.2, -0.15) is 0 Å². The highest BCUT2D eigenvalue weighted by molar-refractivity contribution is 9.10. The molecule has 1 unspecified atom stereocenters. The van der Waals surface area contributed by atoms with Gasteiger partial charge in [0.15, 0.2) is 0 Å². The van der Waals surface area contributed by atoms with E-state index < -0.39 is 0 Å². The van der Waals surface area contributed by atoms with E-state index in [9.17, 15) is 0 Å². The molecule has 0 aliphatic carbocycles. The molecule has 0 fully saturated rings. The first-order valence-corrected chi connectivity index (χ1v) is 8.07. The third kappa shape index (κ3) is 3.86. The van der Waals surface area contributed by atoms with Gasteiger partial charge in [-0.1, -0.05) is 51.3 Å². The summed E-state index contributed by atoms with van der Waals surface area (Å²) in [4.78, 5) is 0. The molecule has 0 spiro atoms. The molecule has 112 valence electrons. The third-order valence-electron chi connectivity index (χ3n) is 3.79. The number of benzene rings is 2. The van der Waals surface area contributed by atoms with Crippen molar-refractivity contribution in [3.8, 4) is 0 Å². The second kappa shape index (κ2) is 6.93. The molecule has 0 aromatic heterocycles. The Morgan fingerprint density at radius 2 is 1.76 bits per heavy atom. The van der Waals surface area contributed by atoms with Crippen LogP contribution in [-0.2, 0) is 6.42 Å². The molecule has 0 radical (unpaired) electrons. The smallest absolute Gasteiger partial charge is 0.0515 e. The van der Waals surface area contributed by atoms with Gasteiger partial charge in [-0.25, -0.2) is 0 Å². The molecule has 1 atom stereocenters. The fourth-order valence-electron chi connectivity index (χ4n) is 2.78. The number of nitrogens with two attached hydrogens (primary N) is 1. The quantitative estimate of drug-likeness (QED) is 0.603. The van der Waals surface area contributed by atoms with E-state index in [2.05, 4.69) is 54.3 Å². The molecule has 0 aliphatic rings. The average Bonchev–Trinajstić information content (AvgIpc) is 2.39. The maximum absolute atomic E-state index is 6.35. The van der Waals surface area contributed by atoms with Gasteiger partial charge in [0.05, 0.1) is 6.04 Å². The van der Waals surface area contributed by atoms with Crippen LogP contribution >= 0.6 is 27.5 Å². The summed E-state index contributed by atoms with van der Waals surface area (Å²) in [6.45, 7) is 6.41. The lowest BCUT2D eigenvalue weighted by atomic mass is 9.92. The summed E-state index contributed by atoms with van der Waals surface area (Å²) < 4.78 is 0.967. The number of hydrogen-bond donors (Lipinski definition) is 2. The van der Waals surface area contributed by atoms with Crippen LogP contribution in [0.4, 0.5) is 0 Å². The van der Waals surface area contributed by atoms with E-state index >= 15 is 0 Å². The third-order valence-corrected chi connectivity index (χ3v) is 4.61. The molecule has 21 heavy (non-hydrogen) atoms. The first-order valence-electron chi connectivity index (χ1n) is 6.90. The van der Waals surface area contributed by atoms with Crippen molar-refractivity contribution >= 4 is 27.5 Å². The number of halogens is 2. The lowest BCUT2D eigenvalue weighted by Gasteiger charge is -2.21. The molecule has 4 heteroatoms. The summed E-state index contributed by atoms with van der Waals surface area (Å²) in [5, 5.41) is 0.717. The maximum atomic E-state index is 6.35. The van der Waals surface area contributed by atoms with Gasteiger partial charge in [-0.3, -0.25) is 11.3 Å². The fourth-order valence-corrected chi connectivity index (χ4v) is 3.58. The fraction of sp³-hybridized carbons (Fsp3) is 0.294. The Hall–Kier alpha value is -0.870. The van der Waals surface area contributed by atoms with Crippen LogP contribution < -0.4 is 11.3 Å². The zero-order valence-corrected chi connectivity index (χ0v) is 14.8. The summed E-state index contributed by atoms with van der Waals surface area (Å²) >= 11 is 9.78. The van der Waals surface area contributed by atoms with E-state index in [0.29, 0.717) is 0 Å². The van der Waals surface area contributed by atoms with Crippen molar-refractivity contribution in [2.45, 2.75) is 33.2 Å². The highest BCUT2D eigenvalue weighted by Crippen LogP contribution is 2.30. The lowest BCUT2D eigenvalue weighted by molar-refractivity contribution is 0.550. The van der Waals surface area contributed by atoms with Gasteiger partial charge in [0, 0.05) is 9.50 Å². The van der Waals surface area contributed by atoms with Gasteiger partial charge >= 0.3 is 0 Å². The normalized spacial score (nSPS) is 12.5. The number of nitrogens with one attached hydrogen (secondary N) is 1. The molecule has 0 amide bonds. The predicted molar refractivity (Wildman–Crippen MR) is 93.6 cm³/mol. The van der Waals surface area contributed by atoms with E-state index in [4.69, 9.17) is 17.4 Å². The molecule has 0 heterocycles. The van der Waals surface area contributed by atoms with Gasteiger partial charge in [-0.05, 0) is 61.6 Å². The van der Waals surface area contributed by atoms with Crippen molar-refractivity contribution in [1.29, 1.82) is 0 Å². The molecule has 3 N–H and O–H groups in total. The molecule has 2 nitrogen and oxygen atoms in total. The van der Waals surface area contributed by atoms with Crippen molar-refractivity contribution in [2.24, 2.45) is 5.84 Å². The molecular weight excluding hydrogens is 348 g/mol. The van der Waals surface area contributed by atoms with Crippen molar-refractivity contribution in [3.63, 3.8) is 0 Å². The van der Waals surface area contributed by atoms with Crippen LogP contribution in [0.15, 0.2) is 34.8 Å². The summed E-state index contributed by atoms with van der Waals surface area (Å²) in [6, 6.07) is 10.3. The van der Waals surface area contributed by atoms with E-state index in [1.807, 2.05) is 18.2 Å². The molecule has 0 saturated heterocycles. The minimum absolute atomic E-state index is 0.00861. The predicted octanol–water partition coefficient (Wildman–Crippen LogP) is 4.77. The van der Waals surface area contributed by atoms with Crippen LogP contribution in [0.2, 0.25) is 5.02 Å². The van der Waals surface area contributed by atoms with Crippen molar-refractivity contribution < 1.29 is 0 Å². The van der Waals surface area contributed by atoms with E-state index in [1.54, 1.807) is 0 Å². The SMILES string of the molecule is Cc1cc(C)c(CC(NN)c2ccc(Br)cc2Cl)c(C)c1. The largest absolute Gasteiger partial charge is 0.271 e. The summed E-state index contributed by atoms with van der Waals surface area (Å²) in [6.07, 6.45) is 0.815. The Kier molecular flexibility index (Phi) is 5.44. The lowest BCUT2D eigenvalue weighted by Crippen LogP contribution is -2.30. The van der Waals surface area contributed by atoms with E-state index in [0.717, 1.165) is 21.5 Å². The van der Waals surface area contributed by atoms with Crippen molar-refractivity contribution in [1.82, 2.24) is 5.43 Å². The molecule has 0 aliphatic heterocycles. The van der Waals surface area contributed by atoms with Gasteiger partial charge in [0.25, 0.3) is 0 Å². The molecule has 2 aromatic carbocycles. The van der Waals surface area contributed by atoms with Gasteiger partial charge in [0.2, 0.25) is 0 Å². The van der Waals surface area contributed by atoms with Crippen LogP contribution in [0.5, 0.6) is 0 Å². The summed E-state index contributed by atoms with van der Waals surface area (Å²) in [5.41, 5.74) is 9.10. The average molecular weight is 368 g/mol. The molecule has 2 aromatic rings. The monoisotopic (exact) mass is 366 g/mol. The highest BCUT2D eigenvalue weighted by Gasteiger charge is 2.16. The highest BCUT2D eigenvalue weighted by atomic mass is 79.9. The van der Waals surface area contributed by atoms with Gasteiger partial charge < -0.3 is 0 Å². The van der Waals surface area contributed by atoms with Crippen molar-refractivity contribution in [3.05, 3.63) is 67.6 Å². The number of rotatable bonds is 4. The van der Waals surface area contributed by atoms with Crippen molar-refractivity contribution in [2.75, 3.05) is 0 Å². The zero-order chi connectivity index (χ0) is 15.6. The van der Waals surface area contributed by atoms with E-state index in [1.165, 1.54) is 22.3 Å². The summed E-state index contributed by atoms with van der Waals surface area (Å²) in [5.74, 6) is 5.77. The van der Waals surface area contributed by atoms with Crippen LogP contribution in [-0.4, -0.2) is 0 Å². The molecule has 0 saturated carbocycles. The first-order chi connectivity index (χ1) is 9.92.